The number of aromatic nitrogens is 1. The number of methoxy groups -OCH3 is 1. The average Bonchev–Trinajstić information content (AvgIpc) is 2.44. The van der Waals surface area contributed by atoms with Gasteiger partial charge >= 0.3 is 0 Å². The van der Waals surface area contributed by atoms with Gasteiger partial charge in [-0.15, -0.1) is 0 Å². The molecule has 0 unspecified atom stereocenters. The van der Waals surface area contributed by atoms with Crippen molar-refractivity contribution in [1.82, 2.24) is 10.3 Å². The van der Waals surface area contributed by atoms with Gasteiger partial charge in [-0.05, 0) is 17.7 Å². The molecule has 0 amide bonds. The number of ether oxygens (including phenoxy) is 1. The molecule has 1 aromatic carbocycles. The van der Waals surface area contributed by atoms with Crippen LogP contribution >= 0.6 is 11.6 Å². The van der Waals surface area contributed by atoms with Crippen LogP contribution in [0.15, 0.2) is 36.5 Å². The predicted octanol–water partition coefficient (Wildman–Crippen LogP) is 2.74. The van der Waals surface area contributed by atoms with Gasteiger partial charge in [0, 0.05) is 30.9 Å². The number of rotatable bonds is 5. The molecule has 4 nitrogen and oxygen atoms in total. The highest BCUT2D eigenvalue weighted by Crippen LogP contribution is 2.26. The monoisotopic (exact) mass is 278 g/mol. The van der Waals surface area contributed by atoms with Crippen molar-refractivity contribution in [2.45, 2.75) is 13.1 Å². The van der Waals surface area contributed by atoms with Crippen LogP contribution in [0.5, 0.6) is 11.6 Å². The van der Waals surface area contributed by atoms with Gasteiger partial charge in [0.15, 0.2) is 0 Å². The summed E-state index contributed by atoms with van der Waals surface area (Å²) >= 11 is 5.85. The summed E-state index contributed by atoms with van der Waals surface area (Å²) in [6.45, 7) is 1.20. The molecule has 2 rings (SSSR count). The molecule has 0 aliphatic carbocycles. The predicted molar refractivity (Wildman–Crippen MR) is 74.4 cm³/mol. The number of hydrogen-bond donors (Lipinski definition) is 2. The summed E-state index contributed by atoms with van der Waals surface area (Å²) in [7, 11) is 1.59. The standard InChI is InChI=1S/C14H15ClN2O2/c1-19-13-7-10(5-6-17-13)8-16-9-11-3-2-4-12(15)14(11)18/h2-7,16,18H,8-9H2,1H3. The molecule has 19 heavy (non-hydrogen) atoms. The van der Waals surface area contributed by atoms with E-state index in [0.717, 1.165) is 11.1 Å². The Kier molecular flexibility index (Phi) is 4.60. The number of phenolic OH excluding ortho intramolecular Hbond substituents is 1. The Labute approximate surface area is 117 Å². The Morgan fingerprint density at radius 3 is 2.95 bits per heavy atom. The normalized spacial score (nSPS) is 10.4. The molecule has 0 radical (unpaired) electrons. The second kappa shape index (κ2) is 6.41. The second-order valence-electron chi connectivity index (χ2n) is 4.06. The first-order chi connectivity index (χ1) is 9.20. The number of pyridine rings is 1. The molecular formula is C14H15ClN2O2. The van der Waals surface area contributed by atoms with Gasteiger partial charge in [0.05, 0.1) is 12.1 Å². The van der Waals surface area contributed by atoms with E-state index < -0.39 is 0 Å². The van der Waals surface area contributed by atoms with Crippen molar-refractivity contribution in [2.75, 3.05) is 7.11 Å². The summed E-state index contributed by atoms with van der Waals surface area (Å²) in [6.07, 6.45) is 1.70. The van der Waals surface area contributed by atoms with Crippen molar-refractivity contribution >= 4 is 11.6 Å². The average molecular weight is 279 g/mol. The van der Waals surface area contributed by atoms with Gasteiger partial charge in [-0.1, -0.05) is 23.7 Å². The minimum absolute atomic E-state index is 0.129. The number of para-hydroxylation sites is 1. The number of phenols is 1. The van der Waals surface area contributed by atoms with Gasteiger partial charge in [0.2, 0.25) is 5.88 Å². The van der Waals surface area contributed by atoms with Crippen LogP contribution in [-0.2, 0) is 13.1 Å². The Bertz CT molecular complexity index is 561. The maximum absolute atomic E-state index is 9.77. The van der Waals surface area contributed by atoms with E-state index in [0.29, 0.717) is 24.0 Å². The lowest BCUT2D eigenvalue weighted by Crippen LogP contribution is -2.13. The third-order valence-electron chi connectivity index (χ3n) is 2.72. The molecule has 0 fully saturated rings. The summed E-state index contributed by atoms with van der Waals surface area (Å²) in [6, 6.07) is 9.09. The number of nitrogens with zero attached hydrogens (tertiary/aromatic N) is 1. The van der Waals surface area contributed by atoms with Gasteiger partial charge in [-0.25, -0.2) is 4.98 Å². The quantitative estimate of drug-likeness (QED) is 0.883. The van der Waals surface area contributed by atoms with E-state index in [1.165, 1.54) is 0 Å². The summed E-state index contributed by atoms with van der Waals surface area (Å²) in [5.41, 5.74) is 1.84. The van der Waals surface area contributed by atoms with Crippen LogP contribution in [0.25, 0.3) is 0 Å². The van der Waals surface area contributed by atoms with Crippen LogP contribution in [0.1, 0.15) is 11.1 Å². The number of benzene rings is 1. The van der Waals surface area contributed by atoms with Crippen molar-refractivity contribution < 1.29 is 9.84 Å². The Morgan fingerprint density at radius 2 is 2.16 bits per heavy atom. The Hall–Kier alpha value is -1.78. The highest BCUT2D eigenvalue weighted by molar-refractivity contribution is 6.32. The van der Waals surface area contributed by atoms with Crippen molar-refractivity contribution in [3.63, 3.8) is 0 Å². The van der Waals surface area contributed by atoms with Gasteiger partial charge < -0.3 is 15.2 Å². The van der Waals surface area contributed by atoms with Gasteiger partial charge in [-0.2, -0.15) is 0 Å². The van der Waals surface area contributed by atoms with E-state index in [1.807, 2.05) is 24.3 Å². The van der Waals surface area contributed by atoms with Crippen LogP contribution in [0.3, 0.4) is 0 Å². The molecule has 0 spiro atoms. The third kappa shape index (κ3) is 3.59. The Morgan fingerprint density at radius 1 is 1.32 bits per heavy atom. The van der Waals surface area contributed by atoms with Crippen LogP contribution in [0, 0.1) is 0 Å². The molecule has 1 heterocycles. The summed E-state index contributed by atoms with van der Waals surface area (Å²) in [5, 5.41) is 13.4. The second-order valence-corrected chi connectivity index (χ2v) is 4.46. The number of halogens is 1. The smallest absolute Gasteiger partial charge is 0.213 e. The largest absolute Gasteiger partial charge is 0.506 e. The Balaban J connectivity index is 1.94. The molecule has 0 atom stereocenters. The lowest BCUT2D eigenvalue weighted by atomic mass is 10.2. The molecule has 0 aliphatic heterocycles. The minimum atomic E-state index is 0.129. The highest BCUT2D eigenvalue weighted by Gasteiger charge is 2.04. The fraction of sp³-hybridized carbons (Fsp3) is 0.214. The van der Waals surface area contributed by atoms with Gasteiger partial charge in [-0.3, -0.25) is 0 Å². The molecule has 2 aromatic rings. The van der Waals surface area contributed by atoms with Gasteiger partial charge in [0.25, 0.3) is 0 Å². The van der Waals surface area contributed by atoms with E-state index in [9.17, 15) is 5.11 Å². The zero-order chi connectivity index (χ0) is 13.7. The zero-order valence-electron chi connectivity index (χ0n) is 10.6. The van der Waals surface area contributed by atoms with Crippen molar-refractivity contribution in [3.8, 4) is 11.6 Å². The highest BCUT2D eigenvalue weighted by atomic mass is 35.5. The third-order valence-corrected chi connectivity index (χ3v) is 3.03. The first kappa shape index (κ1) is 13.6. The van der Waals surface area contributed by atoms with E-state index >= 15 is 0 Å². The molecule has 0 aliphatic rings. The molecule has 0 bridgehead atoms. The van der Waals surface area contributed by atoms with Gasteiger partial charge in [0.1, 0.15) is 5.75 Å². The van der Waals surface area contributed by atoms with Crippen molar-refractivity contribution in [2.24, 2.45) is 0 Å². The van der Waals surface area contributed by atoms with E-state index in [4.69, 9.17) is 16.3 Å². The van der Waals surface area contributed by atoms with Crippen LogP contribution < -0.4 is 10.1 Å². The van der Waals surface area contributed by atoms with Crippen molar-refractivity contribution in [3.05, 3.63) is 52.7 Å². The summed E-state index contributed by atoms with van der Waals surface area (Å²) < 4.78 is 5.06. The molecule has 100 valence electrons. The van der Waals surface area contributed by atoms with Crippen LogP contribution in [0.2, 0.25) is 5.02 Å². The fourth-order valence-electron chi connectivity index (χ4n) is 1.72. The molecule has 1 aromatic heterocycles. The molecule has 2 N–H and O–H groups in total. The first-order valence-corrected chi connectivity index (χ1v) is 6.24. The topological polar surface area (TPSA) is 54.4 Å². The summed E-state index contributed by atoms with van der Waals surface area (Å²) in [4.78, 5) is 4.04. The van der Waals surface area contributed by atoms with Crippen LogP contribution in [0.4, 0.5) is 0 Å². The van der Waals surface area contributed by atoms with Crippen molar-refractivity contribution in [1.29, 1.82) is 0 Å². The first-order valence-electron chi connectivity index (χ1n) is 5.86. The van der Waals surface area contributed by atoms with Crippen LogP contribution in [-0.4, -0.2) is 17.2 Å². The minimum Gasteiger partial charge on any atom is -0.506 e. The lowest BCUT2D eigenvalue weighted by molar-refractivity contribution is 0.397. The number of nitrogens with one attached hydrogen (secondary N) is 1. The lowest BCUT2D eigenvalue weighted by Gasteiger charge is -2.08. The molecule has 5 heteroatoms. The maximum atomic E-state index is 9.77. The SMILES string of the molecule is COc1cc(CNCc2cccc(Cl)c2O)ccn1. The van der Waals surface area contributed by atoms with E-state index in [1.54, 1.807) is 19.4 Å². The zero-order valence-corrected chi connectivity index (χ0v) is 11.3. The fourth-order valence-corrected chi connectivity index (χ4v) is 1.91. The molecular weight excluding hydrogens is 264 g/mol. The van der Waals surface area contributed by atoms with E-state index in [2.05, 4.69) is 10.3 Å². The van der Waals surface area contributed by atoms with E-state index in [-0.39, 0.29) is 5.75 Å². The number of aromatic hydroxyl groups is 1. The molecule has 0 saturated carbocycles. The number of hydrogen-bond acceptors (Lipinski definition) is 4. The summed E-state index contributed by atoms with van der Waals surface area (Å²) in [5.74, 6) is 0.717. The molecule has 0 saturated heterocycles. The maximum Gasteiger partial charge on any atom is 0.213 e.